The number of carbonyl (C=O) groups excluding carboxylic acids is 1. The average molecular weight is 287 g/mol. The maximum Gasteiger partial charge on any atom is 0.278 e. The zero-order chi connectivity index (χ0) is 15.0. The number of carbonyl (C=O) groups is 1. The fraction of sp³-hybridized carbons (Fsp3) is 0.400. The zero-order valence-electron chi connectivity index (χ0n) is 12.1. The second-order valence-corrected chi connectivity index (χ2v) is 5.23. The molecule has 1 aliphatic rings. The van der Waals surface area contributed by atoms with Crippen molar-refractivity contribution in [2.45, 2.75) is 6.92 Å². The van der Waals surface area contributed by atoms with Crippen LogP contribution in [0, 0.1) is 6.92 Å². The van der Waals surface area contributed by atoms with Crippen LogP contribution >= 0.6 is 0 Å². The number of nitrogens with zero attached hydrogens (tertiary/aromatic N) is 3. The van der Waals surface area contributed by atoms with Crippen molar-refractivity contribution < 1.29 is 9.53 Å². The Hall–Kier alpha value is -2.21. The van der Waals surface area contributed by atoms with Crippen molar-refractivity contribution in [1.82, 2.24) is 14.7 Å². The highest BCUT2D eigenvalue weighted by Gasteiger charge is 2.24. The number of aromatic nitrogens is 2. The molecule has 0 unspecified atom stereocenters. The molecule has 21 heavy (non-hydrogen) atoms. The number of amides is 1. The maximum absolute atomic E-state index is 12.6. The van der Waals surface area contributed by atoms with Gasteiger partial charge in [0.25, 0.3) is 5.91 Å². The van der Waals surface area contributed by atoms with Gasteiger partial charge in [0.15, 0.2) is 5.69 Å². The van der Waals surface area contributed by atoms with Crippen molar-refractivity contribution in [3.05, 3.63) is 39.7 Å². The first-order valence-corrected chi connectivity index (χ1v) is 6.92. The smallest absolute Gasteiger partial charge is 0.278 e. The van der Waals surface area contributed by atoms with Gasteiger partial charge in [-0.15, -0.1) is 0 Å². The Morgan fingerprint density at radius 1 is 1.29 bits per heavy atom. The Bertz CT molecular complexity index is 761. The monoisotopic (exact) mass is 287 g/mol. The van der Waals surface area contributed by atoms with Crippen LogP contribution in [0.4, 0.5) is 0 Å². The molecule has 1 aromatic heterocycles. The van der Waals surface area contributed by atoms with E-state index in [-0.39, 0.29) is 17.0 Å². The zero-order valence-corrected chi connectivity index (χ0v) is 12.1. The average Bonchev–Trinajstić information content (AvgIpc) is 2.51. The lowest BCUT2D eigenvalue weighted by Gasteiger charge is -2.26. The first kappa shape index (κ1) is 13.8. The molecule has 110 valence electrons. The summed E-state index contributed by atoms with van der Waals surface area (Å²) in [5.41, 5.74) is 1.39. The molecule has 2 aromatic rings. The lowest BCUT2D eigenvalue weighted by molar-refractivity contribution is 0.0297. The van der Waals surface area contributed by atoms with Crippen LogP contribution in [0.1, 0.15) is 16.1 Å². The van der Waals surface area contributed by atoms with Crippen LogP contribution in [0.25, 0.3) is 10.9 Å². The number of hydrogen-bond acceptors (Lipinski definition) is 4. The van der Waals surface area contributed by atoms with E-state index in [4.69, 9.17) is 4.74 Å². The van der Waals surface area contributed by atoms with Gasteiger partial charge in [-0.1, -0.05) is 11.6 Å². The lowest BCUT2D eigenvalue weighted by Crippen LogP contribution is -2.43. The minimum atomic E-state index is -0.317. The lowest BCUT2D eigenvalue weighted by atomic mass is 10.1. The molecule has 1 aromatic carbocycles. The fourth-order valence-corrected chi connectivity index (χ4v) is 2.55. The summed E-state index contributed by atoms with van der Waals surface area (Å²) < 4.78 is 6.82. The first-order chi connectivity index (χ1) is 10.1. The summed E-state index contributed by atoms with van der Waals surface area (Å²) in [5.74, 6) is -0.317. The summed E-state index contributed by atoms with van der Waals surface area (Å²) in [7, 11) is 1.74. The van der Waals surface area contributed by atoms with E-state index in [9.17, 15) is 9.59 Å². The van der Waals surface area contributed by atoms with Crippen LogP contribution in [0.15, 0.2) is 23.0 Å². The van der Waals surface area contributed by atoms with Gasteiger partial charge in [0.2, 0.25) is 5.43 Å². The van der Waals surface area contributed by atoms with Crippen LogP contribution in [-0.2, 0) is 11.8 Å². The van der Waals surface area contributed by atoms with Gasteiger partial charge in [-0.05, 0) is 19.1 Å². The van der Waals surface area contributed by atoms with E-state index in [1.54, 1.807) is 22.7 Å². The molecule has 0 bridgehead atoms. The third kappa shape index (κ3) is 2.42. The van der Waals surface area contributed by atoms with Gasteiger partial charge in [-0.25, -0.2) is 0 Å². The summed E-state index contributed by atoms with van der Waals surface area (Å²) in [5, 5.41) is 4.71. The van der Waals surface area contributed by atoms with Crippen molar-refractivity contribution >= 4 is 16.8 Å². The number of benzene rings is 1. The van der Waals surface area contributed by atoms with Crippen LogP contribution < -0.4 is 5.43 Å². The molecule has 0 spiro atoms. The van der Waals surface area contributed by atoms with Crippen molar-refractivity contribution in [3.63, 3.8) is 0 Å². The van der Waals surface area contributed by atoms with Gasteiger partial charge in [-0.3, -0.25) is 14.3 Å². The van der Waals surface area contributed by atoms with E-state index in [1.165, 1.54) is 0 Å². The standard InChI is InChI=1S/C15H17N3O3/c1-10-3-4-12-11(9-10)14(19)13(16-17(12)2)15(20)18-5-7-21-8-6-18/h3-4,9H,5-8H2,1-2H3. The SMILES string of the molecule is Cc1ccc2c(c1)c(=O)c(C(=O)N1CCOCC1)nn2C. The Kier molecular flexibility index (Phi) is 3.47. The van der Waals surface area contributed by atoms with Gasteiger partial charge in [0, 0.05) is 20.1 Å². The summed E-state index contributed by atoms with van der Waals surface area (Å²) in [6.07, 6.45) is 0. The number of morpholine rings is 1. The van der Waals surface area contributed by atoms with Gasteiger partial charge in [0.1, 0.15) is 0 Å². The molecule has 0 atom stereocenters. The topological polar surface area (TPSA) is 64.4 Å². The van der Waals surface area contributed by atoms with Crippen LogP contribution in [0.3, 0.4) is 0 Å². The first-order valence-electron chi connectivity index (χ1n) is 6.92. The highest BCUT2D eigenvalue weighted by atomic mass is 16.5. The van der Waals surface area contributed by atoms with Gasteiger partial charge in [-0.2, -0.15) is 5.10 Å². The molecule has 0 aliphatic carbocycles. The van der Waals surface area contributed by atoms with Gasteiger partial charge in [0.05, 0.1) is 24.1 Å². The van der Waals surface area contributed by atoms with Crippen molar-refractivity contribution in [2.75, 3.05) is 26.3 Å². The molecule has 1 saturated heterocycles. The number of rotatable bonds is 1. The van der Waals surface area contributed by atoms with E-state index in [0.29, 0.717) is 31.7 Å². The second kappa shape index (κ2) is 5.29. The minimum absolute atomic E-state index is 0.0162. The molecule has 1 amide bonds. The number of ether oxygens (including phenoxy) is 1. The Labute approximate surface area is 121 Å². The normalized spacial score (nSPS) is 15.4. The molecule has 6 heteroatoms. The number of fused-ring (bicyclic) bond motifs is 1. The van der Waals surface area contributed by atoms with Crippen molar-refractivity contribution in [3.8, 4) is 0 Å². The van der Waals surface area contributed by atoms with E-state index in [1.807, 2.05) is 19.1 Å². The highest BCUT2D eigenvalue weighted by molar-refractivity contribution is 5.95. The Balaban J connectivity index is 2.12. The summed E-state index contributed by atoms with van der Waals surface area (Å²) in [6.45, 7) is 3.91. The molecule has 0 N–H and O–H groups in total. The molecular weight excluding hydrogens is 270 g/mol. The summed E-state index contributed by atoms with van der Waals surface area (Å²) in [6, 6.07) is 5.57. The molecule has 0 radical (unpaired) electrons. The van der Waals surface area contributed by atoms with Crippen LogP contribution in [-0.4, -0.2) is 46.9 Å². The molecular formula is C15H17N3O3. The fourth-order valence-electron chi connectivity index (χ4n) is 2.55. The van der Waals surface area contributed by atoms with E-state index < -0.39 is 0 Å². The molecule has 3 rings (SSSR count). The summed E-state index contributed by atoms with van der Waals surface area (Å²) >= 11 is 0. The molecule has 2 heterocycles. The molecule has 0 saturated carbocycles. The predicted molar refractivity (Wildman–Crippen MR) is 78.4 cm³/mol. The quantitative estimate of drug-likeness (QED) is 0.775. The van der Waals surface area contributed by atoms with Crippen LogP contribution in [0.5, 0.6) is 0 Å². The Morgan fingerprint density at radius 2 is 2.00 bits per heavy atom. The van der Waals surface area contributed by atoms with Crippen molar-refractivity contribution in [1.29, 1.82) is 0 Å². The van der Waals surface area contributed by atoms with Crippen LogP contribution in [0.2, 0.25) is 0 Å². The molecule has 1 aliphatic heterocycles. The van der Waals surface area contributed by atoms with E-state index >= 15 is 0 Å². The number of aryl methyl sites for hydroxylation is 2. The highest BCUT2D eigenvalue weighted by Crippen LogP contribution is 2.12. The van der Waals surface area contributed by atoms with E-state index in [2.05, 4.69) is 5.10 Å². The van der Waals surface area contributed by atoms with Crippen molar-refractivity contribution in [2.24, 2.45) is 7.05 Å². The number of hydrogen-bond donors (Lipinski definition) is 0. The third-order valence-corrected chi connectivity index (χ3v) is 3.71. The largest absolute Gasteiger partial charge is 0.378 e. The van der Waals surface area contributed by atoms with E-state index in [0.717, 1.165) is 11.1 Å². The Morgan fingerprint density at radius 3 is 2.71 bits per heavy atom. The maximum atomic E-state index is 12.6. The summed E-state index contributed by atoms with van der Waals surface area (Å²) in [4.78, 5) is 26.7. The van der Waals surface area contributed by atoms with Gasteiger partial charge >= 0.3 is 0 Å². The minimum Gasteiger partial charge on any atom is -0.378 e. The molecule has 6 nitrogen and oxygen atoms in total. The van der Waals surface area contributed by atoms with Gasteiger partial charge < -0.3 is 9.64 Å². The second-order valence-electron chi connectivity index (χ2n) is 5.23. The molecule has 1 fully saturated rings. The predicted octanol–water partition coefficient (Wildman–Crippen LogP) is 0.714. The third-order valence-electron chi connectivity index (χ3n) is 3.71.